The van der Waals surface area contributed by atoms with Gasteiger partial charge >= 0.3 is 12.1 Å². The van der Waals surface area contributed by atoms with Gasteiger partial charge in [-0.1, -0.05) is 42.0 Å². The molecule has 0 bridgehead atoms. The molecule has 1 atom stereocenters. The third kappa shape index (κ3) is 7.48. The van der Waals surface area contributed by atoms with E-state index in [1.165, 1.54) is 29.4 Å². The van der Waals surface area contributed by atoms with Crippen LogP contribution in [-0.4, -0.2) is 53.9 Å². The van der Waals surface area contributed by atoms with Gasteiger partial charge in [0.2, 0.25) is 0 Å². The van der Waals surface area contributed by atoms with Crippen LogP contribution >= 0.6 is 0 Å². The number of benzene rings is 2. The molecule has 39 heavy (non-hydrogen) atoms. The number of methoxy groups -OCH3 is 1. The normalized spacial score (nSPS) is 13.4. The molecule has 0 aliphatic rings. The van der Waals surface area contributed by atoms with Crippen LogP contribution in [0, 0.1) is 6.92 Å². The Balaban J connectivity index is 2.20. The zero-order valence-corrected chi connectivity index (χ0v) is 24.1. The largest absolute Gasteiger partial charge is 0.467 e. The maximum Gasteiger partial charge on any atom is 0.408 e. The van der Waals surface area contributed by atoms with E-state index in [2.05, 4.69) is 5.32 Å². The van der Waals surface area contributed by atoms with Crippen molar-refractivity contribution in [1.29, 1.82) is 0 Å². The Bertz CT molecular complexity index is 1490. The van der Waals surface area contributed by atoms with Gasteiger partial charge in [0.1, 0.15) is 11.6 Å². The smallest absolute Gasteiger partial charge is 0.408 e. The van der Waals surface area contributed by atoms with E-state index >= 15 is 0 Å². The maximum absolute atomic E-state index is 13.7. The first-order valence-electron chi connectivity index (χ1n) is 12.5. The summed E-state index contributed by atoms with van der Waals surface area (Å²) in [5.74, 6) is -0.715. The van der Waals surface area contributed by atoms with Crippen LogP contribution in [0.5, 0.6) is 0 Å². The number of aromatic nitrogens is 1. The van der Waals surface area contributed by atoms with Gasteiger partial charge < -0.3 is 19.9 Å². The fourth-order valence-corrected chi connectivity index (χ4v) is 5.37. The first-order chi connectivity index (χ1) is 18.0. The van der Waals surface area contributed by atoms with Crippen LogP contribution in [0.3, 0.4) is 0 Å². The average Bonchev–Trinajstić information content (AvgIpc) is 3.20. The Morgan fingerprint density at radius 2 is 1.72 bits per heavy atom. The number of rotatable bonds is 8. The lowest BCUT2D eigenvalue weighted by Crippen LogP contribution is -2.45. The Morgan fingerprint density at radius 1 is 1.08 bits per heavy atom. The molecule has 210 valence electrons. The standard InChI is InChI=1S/C29H36N2O7S/c1-19-11-13-22(14-12-19)39(35,36)31-18-21(17-23(26(32)37-7)30-27(33)38-28(2,3)4)25-20(9-8-10-24(25)31)15-16-29(5,6)34/h8-16,18,23,34H,17H2,1-7H3,(H,30,33)/b16-15-/t23-/m0/s1. The summed E-state index contributed by atoms with van der Waals surface area (Å²) in [5, 5.41) is 13.4. The van der Waals surface area contributed by atoms with E-state index in [1.54, 1.807) is 77.1 Å². The number of carbonyl (C=O) groups is 2. The van der Waals surface area contributed by atoms with Gasteiger partial charge in [0.15, 0.2) is 0 Å². The minimum absolute atomic E-state index is 0.0772. The summed E-state index contributed by atoms with van der Waals surface area (Å²) in [5.41, 5.74) is 0.486. The van der Waals surface area contributed by atoms with Crippen molar-refractivity contribution < 1.29 is 32.6 Å². The topological polar surface area (TPSA) is 124 Å². The van der Waals surface area contributed by atoms with Crippen LogP contribution in [0.4, 0.5) is 4.79 Å². The molecule has 10 heteroatoms. The number of hydrogen-bond acceptors (Lipinski definition) is 7. The van der Waals surface area contributed by atoms with Gasteiger partial charge in [-0.05, 0) is 70.9 Å². The number of nitrogens with zero attached hydrogens (tertiary/aromatic N) is 1. The van der Waals surface area contributed by atoms with E-state index in [9.17, 15) is 23.1 Å². The molecule has 3 aromatic rings. The molecule has 0 saturated carbocycles. The zero-order chi connectivity index (χ0) is 29.2. The number of aliphatic hydroxyl groups is 1. The van der Waals surface area contributed by atoms with Gasteiger partial charge in [0.25, 0.3) is 10.0 Å². The van der Waals surface area contributed by atoms with Crippen LogP contribution in [0.25, 0.3) is 17.0 Å². The van der Waals surface area contributed by atoms with E-state index in [4.69, 9.17) is 9.47 Å². The van der Waals surface area contributed by atoms with Crippen LogP contribution in [-0.2, 0) is 30.7 Å². The molecule has 9 nitrogen and oxygen atoms in total. The maximum atomic E-state index is 13.7. The van der Waals surface area contributed by atoms with Crippen molar-refractivity contribution in [2.24, 2.45) is 0 Å². The number of esters is 1. The van der Waals surface area contributed by atoms with E-state index < -0.39 is 39.3 Å². The van der Waals surface area contributed by atoms with E-state index in [-0.39, 0.29) is 11.3 Å². The molecule has 0 spiro atoms. The highest BCUT2D eigenvalue weighted by Crippen LogP contribution is 2.31. The zero-order valence-electron chi connectivity index (χ0n) is 23.3. The Morgan fingerprint density at radius 3 is 2.28 bits per heavy atom. The molecule has 2 N–H and O–H groups in total. The highest BCUT2D eigenvalue weighted by molar-refractivity contribution is 7.90. The fraction of sp³-hybridized carbons (Fsp3) is 0.379. The average molecular weight is 557 g/mol. The number of alkyl carbamates (subject to hydrolysis) is 1. The van der Waals surface area contributed by atoms with Gasteiger partial charge in [-0.3, -0.25) is 0 Å². The Hall–Kier alpha value is -3.63. The van der Waals surface area contributed by atoms with E-state index in [0.717, 1.165) is 5.56 Å². The lowest BCUT2D eigenvalue weighted by Gasteiger charge is -2.22. The molecule has 3 rings (SSSR count). The lowest BCUT2D eigenvalue weighted by molar-refractivity contribution is -0.143. The molecular weight excluding hydrogens is 520 g/mol. The third-order valence-corrected chi connectivity index (χ3v) is 7.44. The minimum Gasteiger partial charge on any atom is -0.467 e. The van der Waals surface area contributed by atoms with Gasteiger partial charge in [-0.15, -0.1) is 0 Å². The van der Waals surface area contributed by atoms with Crippen LogP contribution in [0.2, 0.25) is 0 Å². The van der Waals surface area contributed by atoms with Gasteiger partial charge in [0.05, 0.1) is 23.1 Å². The second kappa shape index (κ2) is 11.2. The summed E-state index contributed by atoms with van der Waals surface area (Å²) < 4.78 is 38.9. The molecule has 1 aromatic heterocycles. The van der Waals surface area contributed by atoms with Crippen molar-refractivity contribution in [3.05, 3.63) is 71.4 Å². The molecule has 0 aliphatic heterocycles. The fourth-order valence-electron chi connectivity index (χ4n) is 3.98. The monoisotopic (exact) mass is 556 g/mol. The molecule has 0 unspecified atom stereocenters. The number of hydrogen-bond donors (Lipinski definition) is 2. The van der Waals surface area contributed by atoms with Gasteiger partial charge in [-0.25, -0.2) is 22.0 Å². The van der Waals surface area contributed by atoms with Crippen molar-refractivity contribution in [3.8, 4) is 0 Å². The predicted octanol–water partition coefficient (Wildman–Crippen LogP) is 4.58. The summed E-state index contributed by atoms with van der Waals surface area (Å²) in [6.45, 7) is 10.2. The number of fused-ring (bicyclic) bond motifs is 1. The number of nitrogens with one attached hydrogen (secondary N) is 1. The summed E-state index contributed by atoms with van der Waals surface area (Å²) in [7, 11) is -2.81. The van der Waals surface area contributed by atoms with Gasteiger partial charge in [-0.2, -0.15) is 0 Å². The molecular formula is C29H36N2O7S. The summed E-state index contributed by atoms with van der Waals surface area (Å²) in [6, 6.07) is 10.5. The first-order valence-corrected chi connectivity index (χ1v) is 13.9. The number of ether oxygens (including phenoxy) is 2. The Kier molecular flexibility index (Phi) is 8.62. The minimum atomic E-state index is -4.02. The lowest BCUT2D eigenvalue weighted by atomic mass is 9.99. The summed E-state index contributed by atoms with van der Waals surface area (Å²) >= 11 is 0. The molecule has 0 fully saturated rings. The van der Waals surface area contributed by atoms with Gasteiger partial charge in [0, 0.05) is 18.0 Å². The second-order valence-corrected chi connectivity index (χ2v) is 12.7. The van der Waals surface area contributed by atoms with E-state index in [0.29, 0.717) is 22.0 Å². The SMILES string of the molecule is COC(=O)[C@H](Cc1cn(S(=O)(=O)c2ccc(C)cc2)c2cccc(/C=C\C(C)(C)O)c12)NC(=O)OC(C)(C)C. The molecule has 0 radical (unpaired) electrons. The molecule has 0 saturated heterocycles. The quantitative estimate of drug-likeness (QED) is 0.389. The number of carbonyl (C=O) groups excluding carboxylic acids is 2. The molecule has 1 amide bonds. The van der Waals surface area contributed by atoms with Crippen LogP contribution in [0.15, 0.2) is 59.6 Å². The Labute approximate surface area is 229 Å². The van der Waals surface area contributed by atoms with Crippen molar-refractivity contribution in [2.45, 2.75) is 70.1 Å². The molecule has 0 aliphatic carbocycles. The number of amides is 1. The van der Waals surface area contributed by atoms with Crippen molar-refractivity contribution >= 4 is 39.1 Å². The highest BCUT2D eigenvalue weighted by atomic mass is 32.2. The highest BCUT2D eigenvalue weighted by Gasteiger charge is 2.29. The number of aryl methyl sites for hydroxylation is 1. The van der Waals surface area contributed by atoms with Crippen molar-refractivity contribution in [2.75, 3.05) is 7.11 Å². The molecule has 2 aromatic carbocycles. The second-order valence-electron chi connectivity index (χ2n) is 10.9. The summed E-state index contributed by atoms with van der Waals surface area (Å²) in [4.78, 5) is 25.3. The van der Waals surface area contributed by atoms with E-state index in [1.807, 2.05) is 6.92 Å². The van der Waals surface area contributed by atoms with Crippen LogP contribution < -0.4 is 5.32 Å². The predicted molar refractivity (Wildman–Crippen MR) is 150 cm³/mol. The third-order valence-electron chi connectivity index (χ3n) is 5.76. The summed E-state index contributed by atoms with van der Waals surface area (Å²) in [6.07, 6.45) is 3.85. The first kappa shape index (κ1) is 29.9. The molecule has 1 heterocycles. The van der Waals surface area contributed by atoms with Crippen molar-refractivity contribution in [1.82, 2.24) is 9.29 Å². The van der Waals surface area contributed by atoms with Crippen LogP contribution in [0.1, 0.15) is 51.3 Å². The van der Waals surface area contributed by atoms with Crippen molar-refractivity contribution in [3.63, 3.8) is 0 Å².